The molecule has 0 spiro atoms. The Labute approximate surface area is 98.1 Å². The second kappa shape index (κ2) is 6.21. The van der Waals surface area contributed by atoms with Crippen LogP contribution in [0.5, 0.6) is 0 Å². The maximum atomic E-state index is 12.1. The first-order valence-corrected chi connectivity index (χ1v) is 6.04. The minimum absolute atomic E-state index is 0.112. The Hall–Kier alpha value is -0.610. The van der Waals surface area contributed by atoms with E-state index in [1.165, 1.54) is 0 Å². The summed E-state index contributed by atoms with van der Waals surface area (Å²) in [5, 5.41) is 0. The summed E-state index contributed by atoms with van der Waals surface area (Å²) < 4.78 is 4.97. The third-order valence-electron chi connectivity index (χ3n) is 3.34. The van der Waals surface area contributed by atoms with Gasteiger partial charge in [0, 0.05) is 32.7 Å². The highest BCUT2D eigenvalue weighted by Gasteiger charge is 2.30. The van der Waals surface area contributed by atoms with Gasteiger partial charge in [-0.3, -0.25) is 4.79 Å². The Kier molecular flexibility index (Phi) is 5.22. The molecule has 16 heavy (non-hydrogen) atoms. The number of carbonyl (C=O) groups is 1. The number of likely N-dealkylation sites (N-methyl/N-ethyl adjacent to an activating group) is 1. The van der Waals surface area contributed by atoms with Gasteiger partial charge in [0.25, 0.3) is 0 Å². The van der Waals surface area contributed by atoms with E-state index in [1.807, 2.05) is 7.05 Å². The summed E-state index contributed by atoms with van der Waals surface area (Å²) in [7, 11) is 3.49. The monoisotopic (exact) mass is 228 g/mol. The number of nitrogens with two attached hydrogens (primary N) is 1. The molecular formula is C12H24N2O2. The minimum atomic E-state index is 0.112. The lowest BCUT2D eigenvalue weighted by molar-refractivity contribution is -0.136. The molecule has 0 aromatic carbocycles. The molecule has 1 fully saturated rings. The number of amides is 1. The molecule has 0 saturated heterocycles. The van der Waals surface area contributed by atoms with Crippen molar-refractivity contribution in [3.63, 3.8) is 0 Å². The third-order valence-corrected chi connectivity index (χ3v) is 3.34. The Morgan fingerprint density at radius 3 is 2.69 bits per heavy atom. The van der Waals surface area contributed by atoms with Crippen molar-refractivity contribution in [3.05, 3.63) is 0 Å². The Bertz CT molecular complexity index is 223. The van der Waals surface area contributed by atoms with Crippen LogP contribution in [0.2, 0.25) is 0 Å². The zero-order valence-corrected chi connectivity index (χ0v) is 10.6. The smallest absolute Gasteiger partial charge is 0.225 e. The van der Waals surface area contributed by atoms with Crippen molar-refractivity contribution in [1.29, 1.82) is 0 Å². The molecule has 1 amide bonds. The largest absolute Gasteiger partial charge is 0.383 e. The van der Waals surface area contributed by atoms with E-state index in [-0.39, 0.29) is 17.9 Å². The van der Waals surface area contributed by atoms with Gasteiger partial charge in [0.2, 0.25) is 5.91 Å². The van der Waals surface area contributed by atoms with E-state index >= 15 is 0 Å². The van der Waals surface area contributed by atoms with Crippen LogP contribution < -0.4 is 5.73 Å². The summed E-state index contributed by atoms with van der Waals surface area (Å²) in [6.07, 6.45) is 2.86. The SMILES string of the molecule is COCCN(C)C(=O)C1CC(C)CC(N)C1. The van der Waals surface area contributed by atoms with Gasteiger partial charge in [0.15, 0.2) is 0 Å². The van der Waals surface area contributed by atoms with E-state index in [0.717, 1.165) is 19.3 Å². The van der Waals surface area contributed by atoms with E-state index in [9.17, 15) is 4.79 Å². The van der Waals surface area contributed by atoms with Crippen LogP contribution in [0, 0.1) is 11.8 Å². The van der Waals surface area contributed by atoms with Crippen molar-refractivity contribution >= 4 is 5.91 Å². The van der Waals surface area contributed by atoms with Gasteiger partial charge in [0.05, 0.1) is 6.61 Å². The molecular weight excluding hydrogens is 204 g/mol. The number of hydrogen-bond acceptors (Lipinski definition) is 3. The van der Waals surface area contributed by atoms with Crippen LogP contribution in [-0.4, -0.2) is 44.2 Å². The Morgan fingerprint density at radius 2 is 2.12 bits per heavy atom. The molecule has 1 aliphatic rings. The topological polar surface area (TPSA) is 55.6 Å². The number of carbonyl (C=O) groups excluding carboxylic acids is 1. The maximum absolute atomic E-state index is 12.1. The fraction of sp³-hybridized carbons (Fsp3) is 0.917. The number of methoxy groups -OCH3 is 1. The molecule has 0 aromatic heterocycles. The van der Waals surface area contributed by atoms with Gasteiger partial charge in [-0.1, -0.05) is 6.92 Å². The van der Waals surface area contributed by atoms with E-state index in [1.54, 1.807) is 12.0 Å². The summed E-state index contributed by atoms with van der Waals surface area (Å²) in [5.41, 5.74) is 5.96. The fourth-order valence-corrected chi connectivity index (χ4v) is 2.51. The first-order valence-electron chi connectivity index (χ1n) is 6.04. The number of nitrogens with zero attached hydrogens (tertiary/aromatic N) is 1. The van der Waals surface area contributed by atoms with Crippen LogP contribution in [0.3, 0.4) is 0 Å². The quantitative estimate of drug-likeness (QED) is 0.776. The number of rotatable bonds is 4. The molecule has 3 unspecified atom stereocenters. The van der Waals surface area contributed by atoms with Crippen LogP contribution in [-0.2, 0) is 9.53 Å². The second-order valence-electron chi connectivity index (χ2n) is 5.02. The number of hydrogen-bond donors (Lipinski definition) is 1. The molecule has 94 valence electrons. The van der Waals surface area contributed by atoms with Crippen molar-refractivity contribution < 1.29 is 9.53 Å². The van der Waals surface area contributed by atoms with Gasteiger partial charge in [-0.05, 0) is 25.2 Å². The van der Waals surface area contributed by atoms with Gasteiger partial charge >= 0.3 is 0 Å². The average molecular weight is 228 g/mol. The van der Waals surface area contributed by atoms with Gasteiger partial charge in [-0.2, -0.15) is 0 Å². The standard InChI is InChI=1S/C12H24N2O2/c1-9-6-10(8-11(13)7-9)12(15)14(2)4-5-16-3/h9-11H,4-8,13H2,1-3H3. The van der Waals surface area contributed by atoms with E-state index in [0.29, 0.717) is 19.1 Å². The Balaban J connectivity index is 2.45. The van der Waals surface area contributed by atoms with Gasteiger partial charge in [0.1, 0.15) is 0 Å². The van der Waals surface area contributed by atoms with Crippen LogP contribution in [0.1, 0.15) is 26.2 Å². The summed E-state index contributed by atoms with van der Waals surface area (Å²) in [4.78, 5) is 13.9. The van der Waals surface area contributed by atoms with E-state index in [4.69, 9.17) is 10.5 Å². The minimum Gasteiger partial charge on any atom is -0.383 e. The summed E-state index contributed by atoms with van der Waals surface area (Å²) >= 11 is 0. The van der Waals surface area contributed by atoms with Gasteiger partial charge in [-0.25, -0.2) is 0 Å². The molecule has 4 nitrogen and oxygen atoms in total. The molecule has 0 radical (unpaired) electrons. The highest BCUT2D eigenvalue weighted by atomic mass is 16.5. The van der Waals surface area contributed by atoms with Crippen molar-refractivity contribution in [1.82, 2.24) is 4.90 Å². The van der Waals surface area contributed by atoms with Crippen LogP contribution in [0.15, 0.2) is 0 Å². The average Bonchev–Trinajstić information content (AvgIpc) is 2.23. The molecule has 2 N–H and O–H groups in total. The summed E-state index contributed by atoms with van der Waals surface area (Å²) in [6, 6.07) is 0.188. The normalized spacial score (nSPS) is 30.1. The molecule has 0 aliphatic heterocycles. The lowest BCUT2D eigenvalue weighted by Gasteiger charge is -2.32. The van der Waals surface area contributed by atoms with Crippen LogP contribution in [0.25, 0.3) is 0 Å². The summed E-state index contributed by atoms with van der Waals surface area (Å²) in [5.74, 6) is 0.896. The van der Waals surface area contributed by atoms with E-state index < -0.39 is 0 Å². The lowest BCUT2D eigenvalue weighted by atomic mass is 9.79. The lowest BCUT2D eigenvalue weighted by Crippen LogP contribution is -2.41. The molecule has 1 rings (SSSR count). The first-order chi connectivity index (χ1) is 7.54. The van der Waals surface area contributed by atoms with Crippen molar-refractivity contribution in [2.24, 2.45) is 17.6 Å². The van der Waals surface area contributed by atoms with E-state index in [2.05, 4.69) is 6.92 Å². The zero-order chi connectivity index (χ0) is 12.1. The Morgan fingerprint density at radius 1 is 1.44 bits per heavy atom. The predicted molar refractivity (Wildman–Crippen MR) is 64.0 cm³/mol. The predicted octanol–water partition coefficient (Wildman–Crippen LogP) is 0.855. The molecule has 0 heterocycles. The zero-order valence-electron chi connectivity index (χ0n) is 10.6. The van der Waals surface area contributed by atoms with Gasteiger partial charge < -0.3 is 15.4 Å². The molecule has 1 saturated carbocycles. The maximum Gasteiger partial charge on any atom is 0.225 e. The highest BCUT2D eigenvalue weighted by Crippen LogP contribution is 2.29. The highest BCUT2D eigenvalue weighted by molar-refractivity contribution is 5.78. The first kappa shape index (κ1) is 13.5. The second-order valence-corrected chi connectivity index (χ2v) is 5.02. The molecule has 1 aliphatic carbocycles. The molecule has 0 aromatic rings. The summed E-state index contributed by atoms with van der Waals surface area (Å²) in [6.45, 7) is 3.43. The molecule has 0 bridgehead atoms. The molecule has 4 heteroatoms. The number of ether oxygens (including phenoxy) is 1. The fourth-order valence-electron chi connectivity index (χ4n) is 2.51. The van der Waals surface area contributed by atoms with Crippen molar-refractivity contribution in [2.75, 3.05) is 27.3 Å². The van der Waals surface area contributed by atoms with Crippen molar-refractivity contribution in [3.8, 4) is 0 Å². The van der Waals surface area contributed by atoms with Crippen LogP contribution in [0.4, 0.5) is 0 Å². The van der Waals surface area contributed by atoms with Gasteiger partial charge in [-0.15, -0.1) is 0 Å². The van der Waals surface area contributed by atoms with Crippen LogP contribution >= 0.6 is 0 Å². The van der Waals surface area contributed by atoms with Crippen molar-refractivity contribution in [2.45, 2.75) is 32.2 Å². The molecule has 3 atom stereocenters. The third kappa shape index (κ3) is 3.76.